The number of hydrogen-bond acceptors (Lipinski definition) is 1. The molecule has 1 aromatic rings. The van der Waals surface area contributed by atoms with Crippen molar-refractivity contribution < 1.29 is 4.79 Å². The molecule has 2 heteroatoms. The Morgan fingerprint density at radius 2 is 2.06 bits per heavy atom. The number of likely N-dealkylation sites (tertiary alicyclic amines) is 1. The lowest BCUT2D eigenvalue weighted by molar-refractivity contribution is -0.141. The first-order valence-corrected chi connectivity index (χ1v) is 6.71. The van der Waals surface area contributed by atoms with Gasteiger partial charge in [0.1, 0.15) is 0 Å². The van der Waals surface area contributed by atoms with E-state index in [1.54, 1.807) is 0 Å². The monoisotopic (exact) mass is 241 g/mol. The zero-order valence-corrected chi connectivity index (χ0v) is 10.8. The molecule has 94 valence electrons. The molecule has 2 atom stereocenters. The summed E-state index contributed by atoms with van der Waals surface area (Å²) in [6.45, 7) is 0.907. The molecule has 0 aromatic heterocycles. The molecule has 0 radical (unpaired) electrons. The van der Waals surface area contributed by atoms with Gasteiger partial charge < -0.3 is 4.90 Å². The van der Waals surface area contributed by atoms with Gasteiger partial charge in [0, 0.05) is 19.5 Å². The molecule has 2 aliphatic rings. The number of benzene rings is 1. The Bertz CT molecular complexity index is 479. The average Bonchev–Trinajstić information content (AvgIpc) is 2.83. The molecule has 1 aliphatic carbocycles. The van der Waals surface area contributed by atoms with E-state index in [0.29, 0.717) is 11.8 Å². The topological polar surface area (TPSA) is 20.3 Å². The van der Waals surface area contributed by atoms with Crippen LogP contribution in [-0.4, -0.2) is 24.4 Å². The van der Waals surface area contributed by atoms with Crippen LogP contribution in [0.15, 0.2) is 42.5 Å². The lowest BCUT2D eigenvalue weighted by Crippen LogP contribution is -2.45. The van der Waals surface area contributed by atoms with Gasteiger partial charge in [-0.25, -0.2) is 0 Å². The van der Waals surface area contributed by atoms with Gasteiger partial charge in [-0.15, -0.1) is 0 Å². The SMILES string of the molecule is CN1CCC[C@@]2(C=C[C@@H](c3ccccc3)C2)C1=O. The summed E-state index contributed by atoms with van der Waals surface area (Å²) >= 11 is 0. The number of hydrogen-bond donors (Lipinski definition) is 0. The highest BCUT2D eigenvalue weighted by molar-refractivity contribution is 5.86. The van der Waals surface area contributed by atoms with Crippen LogP contribution in [0.1, 0.15) is 30.7 Å². The van der Waals surface area contributed by atoms with Crippen molar-refractivity contribution in [1.29, 1.82) is 0 Å². The fourth-order valence-corrected chi connectivity index (χ4v) is 3.32. The maximum atomic E-state index is 12.4. The van der Waals surface area contributed by atoms with Crippen molar-refractivity contribution in [2.24, 2.45) is 5.41 Å². The minimum Gasteiger partial charge on any atom is -0.345 e. The van der Waals surface area contributed by atoms with Crippen molar-refractivity contribution >= 4 is 5.91 Å². The van der Waals surface area contributed by atoms with Gasteiger partial charge in [0.15, 0.2) is 0 Å². The average molecular weight is 241 g/mol. The van der Waals surface area contributed by atoms with Crippen molar-refractivity contribution in [3.05, 3.63) is 48.0 Å². The highest BCUT2D eigenvalue weighted by Crippen LogP contribution is 2.46. The largest absolute Gasteiger partial charge is 0.345 e. The van der Waals surface area contributed by atoms with Gasteiger partial charge in [0.05, 0.1) is 5.41 Å². The zero-order valence-electron chi connectivity index (χ0n) is 10.8. The third kappa shape index (κ3) is 1.76. The van der Waals surface area contributed by atoms with E-state index in [0.717, 1.165) is 25.8 Å². The predicted molar refractivity (Wildman–Crippen MR) is 72.2 cm³/mol. The second kappa shape index (κ2) is 4.27. The van der Waals surface area contributed by atoms with Crippen LogP contribution in [0, 0.1) is 5.41 Å². The number of allylic oxidation sites excluding steroid dienone is 1. The molecule has 2 nitrogen and oxygen atoms in total. The molecule has 1 saturated heterocycles. The summed E-state index contributed by atoms with van der Waals surface area (Å²) in [5, 5.41) is 0. The van der Waals surface area contributed by atoms with Crippen molar-refractivity contribution in [3.8, 4) is 0 Å². The van der Waals surface area contributed by atoms with Crippen molar-refractivity contribution in [2.45, 2.75) is 25.2 Å². The maximum Gasteiger partial charge on any atom is 0.232 e. The lowest BCUT2D eigenvalue weighted by Gasteiger charge is -2.37. The summed E-state index contributed by atoms with van der Waals surface area (Å²) in [5.41, 5.74) is 1.11. The minimum absolute atomic E-state index is 0.215. The molecular weight excluding hydrogens is 222 g/mol. The first-order chi connectivity index (χ1) is 8.71. The van der Waals surface area contributed by atoms with E-state index in [4.69, 9.17) is 0 Å². The molecule has 1 fully saturated rings. The Kier molecular flexibility index (Phi) is 2.73. The summed E-state index contributed by atoms with van der Waals surface area (Å²) in [6, 6.07) is 10.5. The van der Waals surface area contributed by atoms with Gasteiger partial charge in [-0.05, 0) is 24.8 Å². The second-order valence-electron chi connectivity index (χ2n) is 5.57. The Morgan fingerprint density at radius 3 is 2.83 bits per heavy atom. The summed E-state index contributed by atoms with van der Waals surface area (Å²) in [6.07, 6.45) is 7.47. The summed E-state index contributed by atoms with van der Waals surface area (Å²) in [7, 11) is 1.92. The predicted octanol–water partition coefficient (Wildman–Crippen LogP) is 2.97. The maximum absolute atomic E-state index is 12.4. The molecule has 0 saturated carbocycles. The van der Waals surface area contributed by atoms with Crippen LogP contribution in [0.5, 0.6) is 0 Å². The lowest BCUT2D eigenvalue weighted by atomic mass is 9.76. The van der Waals surface area contributed by atoms with Crippen LogP contribution in [0.25, 0.3) is 0 Å². The van der Waals surface area contributed by atoms with Crippen LogP contribution in [0.2, 0.25) is 0 Å². The second-order valence-corrected chi connectivity index (χ2v) is 5.57. The third-order valence-electron chi connectivity index (χ3n) is 4.35. The molecule has 1 aliphatic heterocycles. The fourth-order valence-electron chi connectivity index (χ4n) is 3.32. The fraction of sp³-hybridized carbons (Fsp3) is 0.438. The number of nitrogens with zero attached hydrogens (tertiary/aromatic N) is 1. The molecule has 0 N–H and O–H groups in total. The molecule has 18 heavy (non-hydrogen) atoms. The first kappa shape index (κ1) is 11.5. The molecule has 0 bridgehead atoms. The molecule has 1 amide bonds. The van der Waals surface area contributed by atoms with Crippen LogP contribution in [0.4, 0.5) is 0 Å². The Morgan fingerprint density at radius 1 is 1.28 bits per heavy atom. The van der Waals surface area contributed by atoms with E-state index < -0.39 is 0 Å². The number of carbonyl (C=O) groups excluding carboxylic acids is 1. The van der Waals surface area contributed by atoms with E-state index in [-0.39, 0.29) is 5.41 Å². The summed E-state index contributed by atoms with van der Waals surface area (Å²) in [4.78, 5) is 14.3. The van der Waals surface area contributed by atoms with E-state index in [2.05, 4.69) is 36.4 Å². The van der Waals surface area contributed by atoms with Crippen LogP contribution < -0.4 is 0 Å². The van der Waals surface area contributed by atoms with Gasteiger partial charge in [0.2, 0.25) is 5.91 Å². The number of piperidine rings is 1. The van der Waals surface area contributed by atoms with Gasteiger partial charge in [-0.3, -0.25) is 4.79 Å². The number of carbonyl (C=O) groups is 1. The first-order valence-electron chi connectivity index (χ1n) is 6.71. The Hall–Kier alpha value is -1.57. The zero-order chi connectivity index (χ0) is 12.6. The highest BCUT2D eigenvalue weighted by atomic mass is 16.2. The van der Waals surface area contributed by atoms with Gasteiger partial charge in [-0.2, -0.15) is 0 Å². The molecule has 1 aromatic carbocycles. The molecule has 3 rings (SSSR count). The molecule has 0 unspecified atom stereocenters. The van der Waals surface area contributed by atoms with Crippen LogP contribution >= 0.6 is 0 Å². The summed E-state index contributed by atoms with van der Waals surface area (Å²) in [5.74, 6) is 0.713. The Labute approximate surface area is 108 Å². The molecular formula is C16H19NO. The van der Waals surface area contributed by atoms with Crippen LogP contribution in [0.3, 0.4) is 0 Å². The third-order valence-corrected chi connectivity index (χ3v) is 4.35. The number of amides is 1. The smallest absolute Gasteiger partial charge is 0.232 e. The van der Waals surface area contributed by atoms with Crippen LogP contribution in [-0.2, 0) is 4.79 Å². The highest BCUT2D eigenvalue weighted by Gasteiger charge is 2.44. The van der Waals surface area contributed by atoms with E-state index >= 15 is 0 Å². The van der Waals surface area contributed by atoms with Crippen molar-refractivity contribution in [1.82, 2.24) is 4.90 Å². The molecule has 1 heterocycles. The normalized spacial score (nSPS) is 31.3. The molecule has 1 spiro atoms. The minimum atomic E-state index is -0.215. The van der Waals surface area contributed by atoms with E-state index in [1.807, 2.05) is 18.0 Å². The van der Waals surface area contributed by atoms with Gasteiger partial charge in [0.25, 0.3) is 0 Å². The Balaban J connectivity index is 1.83. The van der Waals surface area contributed by atoms with Gasteiger partial charge in [-0.1, -0.05) is 42.5 Å². The van der Waals surface area contributed by atoms with Gasteiger partial charge >= 0.3 is 0 Å². The van der Waals surface area contributed by atoms with Crippen molar-refractivity contribution in [2.75, 3.05) is 13.6 Å². The van der Waals surface area contributed by atoms with E-state index in [1.165, 1.54) is 5.56 Å². The van der Waals surface area contributed by atoms with E-state index in [9.17, 15) is 4.79 Å². The standard InChI is InChI=1S/C16H19NO/c1-17-11-5-9-16(15(17)18)10-8-14(12-16)13-6-3-2-4-7-13/h2-4,6-8,10,14H,5,9,11-12H2,1H3/t14-,16+/m1/s1. The quantitative estimate of drug-likeness (QED) is 0.692. The van der Waals surface area contributed by atoms with Crippen molar-refractivity contribution in [3.63, 3.8) is 0 Å². The number of rotatable bonds is 1. The summed E-state index contributed by atoms with van der Waals surface area (Å²) < 4.78 is 0.